The van der Waals surface area contributed by atoms with Crippen molar-refractivity contribution < 1.29 is 24.2 Å². The second kappa shape index (κ2) is 5.77. The maximum Gasteiger partial charge on any atom is 0.310 e. The number of carbonyl (C=O) groups excluding carboxylic acids is 2. The number of ether oxygens (including phenoxy) is 2. The Hall–Kier alpha value is -2.08. The quantitative estimate of drug-likeness (QED) is 0.672. The normalized spacial score (nSPS) is 20.0. The van der Waals surface area contributed by atoms with Crippen molar-refractivity contribution in [3.63, 3.8) is 0 Å². The minimum absolute atomic E-state index is 0.0366. The van der Waals surface area contributed by atoms with Crippen molar-refractivity contribution in [2.24, 2.45) is 11.8 Å². The number of carbonyl (C=O) groups is 2. The summed E-state index contributed by atoms with van der Waals surface area (Å²) in [7, 11) is 1.48. The molecule has 0 radical (unpaired) electrons. The number of fused-ring (bicyclic) bond motifs is 1. The summed E-state index contributed by atoms with van der Waals surface area (Å²) in [5, 5.41) is 10.6. The minimum atomic E-state index is -0.543. The third-order valence-electron chi connectivity index (χ3n) is 3.90. The number of phenolic OH excluding ortho intramolecular Hbond substituents is 1. The number of hydrogen-bond donors (Lipinski definition) is 1. The highest BCUT2D eigenvalue weighted by Crippen LogP contribution is 2.45. The fourth-order valence-corrected chi connectivity index (χ4v) is 3.72. The first kappa shape index (κ1) is 16.8. The molecular weight excluding hydrogens is 328 g/mol. The number of benzene rings is 1. The third-order valence-corrected chi connectivity index (χ3v) is 5.01. The first-order valence-electron chi connectivity index (χ1n) is 7.77. The number of ketones is 1. The lowest BCUT2D eigenvalue weighted by atomic mass is 10.1. The summed E-state index contributed by atoms with van der Waals surface area (Å²) in [6, 6.07) is 5.05. The van der Waals surface area contributed by atoms with Gasteiger partial charge in [0.1, 0.15) is 5.60 Å². The molecular formula is C18H20O5S. The molecule has 0 aliphatic heterocycles. The molecule has 1 aromatic carbocycles. The second-order valence-corrected chi connectivity index (χ2v) is 8.10. The number of esters is 1. The van der Waals surface area contributed by atoms with Crippen LogP contribution in [-0.4, -0.2) is 29.6 Å². The average molecular weight is 348 g/mol. The fraction of sp³-hybridized carbons (Fsp3) is 0.444. The van der Waals surface area contributed by atoms with Gasteiger partial charge in [0.2, 0.25) is 0 Å². The molecule has 6 heteroatoms. The zero-order chi connectivity index (χ0) is 17.6. The summed E-state index contributed by atoms with van der Waals surface area (Å²) >= 11 is 1.35. The number of methoxy groups -OCH3 is 1. The molecule has 0 saturated heterocycles. The van der Waals surface area contributed by atoms with E-state index in [2.05, 4.69) is 0 Å². The zero-order valence-corrected chi connectivity index (χ0v) is 14.9. The van der Waals surface area contributed by atoms with Crippen molar-refractivity contribution in [1.29, 1.82) is 0 Å². The lowest BCUT2D eigenvalue weighted by Gasteiger charge is -2.19. The molecule has 1 heterocycles. The van der Waals surface area contributed by atoms with E-state index in [-0.39, 0.29) is 29.3 Å². The molecule has 0 spiro atoms. The van der Waals surface area contributed by atoms with Crippen LogP contribution in [0.4, 0.5) is 0 Å². The van der Waals surface area contributed by atoms with Gasteiger partial charge in [0.25, 0.3) is 0 Å². The van der Waals surface area contributed by atoms with Crippen LogP contribution < -0.4 is 4.74 Å². The molecule has 1 saturated carbocycles. The average Bonchev–Trinajstić information content (AvgIpc) is 3.18. The molecule has 1 aliphatic rings. The Kier molecular flexibility index (Phi) is 4.03. The van der Waals surface area contributed by atoms with Crippen LogP contribution in [0, 0.1) is 11.8 Å². The maximum absolute atomic E-state index is 12.6. The molecule has 0 bridgehead atoms. The molecule has 24 heavy (non-hydrogen) atoms. The summed E-state index contributed by atoms with van der Waals surface area (Å²) in [6.07, 6.45) is 0.538. The van der Waals surface area contributed by atoms with Gasteiger partial charge in [-0.25, -0.2) is 0 Å². The van der Waals surface area contributed by atoms with Gasteiger partial charge in [-0.05, 0) is 44.7 Å². The van der Waals surface area contributed by atoms with Crippen LogP contribution >= 0.6 is 11.3 Å². The standard InChI is InChI=1S/C18H20O5S/c1-18(2,3)23-17(21)11-7-10(11)16(20)15-6-9-5-12(19)13(22-4)8-14(9)24-15/h5-6,8,10-11,19H,7H2,1-4H3/t10-,11+/m0/s1. The highest BCUT2D eigenvalue weighted by Gasteiger charge is 2.50. The van der Waals surface area contributed by atoms with Gasteiger partial charge in [0.05, 0.1) is 17.9 Å². The number of rotatable bonds is 4. The van der Waals surface area contributed by atoms with Gasteiger partial charge in [0, 0.05) is 16.7 Å². The van der Waals surface area contributed by atoms with Crippen LogP contribution in [0.25, 0.3) is 10.1 Å². The van der Waals surface area contributed by atoms with E-state index in [1.165, 1.54) is 18.4 Å². The lowest BCUT2D eigenvalue weighted by Crippen LogP contribution is -2.25. The SMILES string of the molecule is COc1cc2sc(C(=O)[C@H]3C[C@H]3C(=O)OC(C)(C)C)cc2cc1O. The van der Waals surface area contributed by atoms with Crippen LogP contribution in [0.5, 0.6) is 11.5 Å². The van der Waals surface area contributed by atoms with Crippen molar-refractivity contribution in [2.45, 2.75) is 32.8 Å². The van der Waals surface area contributed by atoms with E-state index in [4.69, 9.17) is 9.47 Å². The van der Waals surface area contributed by atoms with Gasteiger partial charge in [-0.1, -0.05) is 0 Å². The Labute approximate surface area is 144 Å². The Morgan fingerprint density at radius 1 is 1.21 bits per heavy atom. The van der Waals surface area contributed by atoms with Gasteiger partial charge >= 0.3 is 5.97 Å². The molecule has 1 N–H and O–H groups in total. The van der Waals surface area contributed by atoms with E-state index in [0.29, 0.717) is 17.0 Å². The summed E-state index contributed by atoms with van der Waals surface area (Å²) in [6.45, 7) is 5.45. The van der Waals surface area contributed by atoms with Crippen molar-refractivity contribution in [2.75, 3.05) is 7.11 Å². The number of aromatic hydroxyl groups is 1. The number of thiophene rings is 1. The Morgan fingerprint density at radius 2 is 1.92 bits per heavy atom. The molecule has 3 rings (SSSR count). The highest BCUT2D eigenvalue weighted by molar-refractivity contribution is 7.20. The first-order chi connectivity index (χ1) is 11.2. The molecule has 2 atom stereocenters. The van der Waals surface area contributed by atoms with Crippen LogP contribution in [0.2, 0.25) is 0 Å². The Bertz CT molecular complexity index is 815. The Morgan fingerprint density at radius 3 is 2.54 bits per heavy atom. The lowest BCUT2D eigenvalue weighted by molar-refractivity contribution is -0.156. The van der Waals surface area contributed by atoms with Crippen LogP contribution in [0.3, 0.4) is 0 Å². The molecule has 1 aliphatic carbocycles. The summed E-state index contributed by atoms with van der Waals surface area (Å²) in [4.78, 5) is 25.2. The van der Waals surface area contributed by atoms with Crippen LogP contribution in [0.1, 0.15) is 36.9 Å². The van der Waals surface area contributed by atoms with E-state index in [1.807, 2.05) is 20.8 Å². The fourth-order valence-electron chi connectivity index (χ4n) is 2.65. The summed E-state index contributed by atoms with van der Waals surface area (Å²) in [5.74, 6) is -0.568. The molecule has 5 nitrogen and oxygen atoms in total. The van der Waals surface area contributed by atoms with Crippen molar-refractivity contribution in [1.82, 2.24) is 0 Å². The molecule has 2 aromatic rings. The molecule has 128 valence electrons. The predicted octanol–water partition coefficient (Wildman–Crippen LogP) is 3.78. The molecule has 0 unspecified atom stereocenters. The maximum atomic E-state index is 12.6. The zero-order valence-electron chi connectivity index (χ0n) is 14.1. The van der Waals surface area contributed by atoms with Crippen LogP contribution in [-0.2, 0) is 9.53 Å². The van der Waals surface area contributed by atoms with Gasteiger partial charge in [-0.3, -0.25) is 9.59 Å². The van der Waals surface area contributed by atoms with E-state index in [9.17, 15) is 14.7 Å². The Balaban J connectivity index is 1.77. The van der Waals surface area contributed by atoms with Gasteiger partial charge < -0.3 is 14.6 Å². The highest BCUT2D eigenvalue weighted by atomic mass is 32.1. The van der Waals surface area contributed by atoms with Crippen molar-refractivity contribution >= 4 is 33.2 Å². The monoisotopic (exact) mass is 348 g/mol. The van der Waals surface area contributed by atoms with Gasteiger partial charge in [-0.15, -0.1) is 11.3 Å². The number of phenols is 1. The van der Waals surface area contributed by atoms with E-state index in [0.717, 1.165) is 10.1 Å². The third kappa shape index (κ3) is 3.24. The van der Waals surface area contributed by atoms with E-state index in [1.54, 1.807) is 18.2 Å². The molecule has 1 aromatic heterocycles. The predicted molar refractivity (Wildman–Crippen MR) is 91.8 cm³/mol. The largest absolute Gasteiger partial charge is 0.504 e. The van der Waals surface area contributed by atoms with Gasteiger partial charge in [0.15, 0.2) is 17.3 Å². The topological polar surface area (TPSA) is 72.8 Å². The number of hydrogen-bond acceptors (Lipinski definition) is 6. The van der Waals surface area contributed by atoms with Crippen LogP contribution in [0.15, 0.2) is 18.2 Å². The molecule has 1 fully saturated rings. The van der Waals surface area contributed by atoms with Gasteiger partial charge in [-0.2, -0.15) is 0 Å². The minimum Gasteiger partial charge on any atom is -0.504 e. The molecule has 0 amide bonds. The van der Waals surface area contributed by atoms with Crippen molar-refractivity contribution in [3.8, 4) is 11.5 Å². The second-order valence-electron chi connectivity index (χ2n) is 7.02. The summed E-state index contributed by atoms with van der Waals surface area (Å²) < 4.78 is 11.3. The van der Waals surface area contributed by atoms with Crippen molar-refractivity contribution in [3.05, 3.63) is 23.1 Å². The van der Waals surface area contributed by atoms with E-state index >= 15 is 0 Å². The first-order valence-corrected chi connectivity index (χ1v) is 8.59. The van der Waals surface area contributed by atoms with E-state index < -0.39 is 5.60 Å². The summed E-state index contributed by atoms with van der Waals surface area (Å²) in [5.41, 5.74) is -0.543. The smallest absolute Gasteiger partial charge is 0.310 e. The number of Topliss-reactive ketones (excluding diaryl/α,β-unsaturated/α-hetero) is 1.